The van der Waals surface area contributed by atoms with Gasteiger partial charge >= 0.3 is 0 Å². The second-order valence-electron chi connectivity index (χ2n) is 4.74. The van der Waals surface area contributed by atoms with E-state index < -0.39 is 0 Å². The minimum absolute atomic E-state index is 0.254. The molecule has 0 saturated carbocycles. The van der Waals surface area contributed by atoms with Crippen LogP contribution in [-0.4, -0.2) is 32.7 Å². The van der Waals surface area contributed by atoms with Crippen LogP contribution in [0.25, 0.3) is 0 Å². The second kappa shape index (κ2) is 5.93. The van der Waals surface area contributed by atoms with Gasteiger partial charge in [0.2, 0.25) is 5.91 Å². The molecule has 1 aromatic rings. The van der Waals surface area contributed by atoms with Crippen LogP contribution in [0.2, 0.25) is 0 Å². The highest BCUT2D eigenvalue weighted by atomic mass is 16.5. The predicted molar refractivity (Wildman–Crippen MR) is 72.5 cm³/mol. The van der Waals surface area contributed by atoms with Gasteiger partial charge in [0.1, 0.15) is 11.5 Å². The quantitative estimate of drug-likeness (QED) is 0.851. The maximum atomic E-state index is 11.3. The number of primary amides is 1. The molecule has 2 rings (SSSR count). The van der Waals surface area contributed by atoms with Crippen LogP contribution >= 0.6 is 0 Å². The molecule has 5 heteroatoms. The molecule has 1 heterocycles. The Morgan fingerprint density at radius 2 is 2.16 bits per heavy atom. The molecule has 19 heavy (non-hydrogen) atoms. The van der Waals surface area contributed by atoms with Crippen molar-refractivity contribution in [2.24, 2.45) is 5.73 Å². The van der Waals surface area contributed by atoms with E-state index in [1.165, 1.54) is 0 Å². The van der Waals surface area contributed by atoms with Gasteiger partial charge in [0, 0.05) is 5.56 Å². The first-order valence-electron chi connectivity index (χ1n) is 6.40. The first-order chi connectivity index (χ1) is 9.15. The molecule has 0 bridgehead atoms. The minimum Gasteiger partial charge on any atom is -0.497 e. The molecular weight excluding hydrogens is 244 g/mol. The van der Waals surface area contributed by atoms with Crippen LogP contribution in [0.1, 0.15) is 24.3 Å². The highest BCUT2D eigenvalue weighted by Gasteiger charge is 2.28. The fourth-order valence-electron chi connectivity index (χ4n) is 2.58. The standard InChI is InChI=1S/C14H20N2O3/c1-18-10-3-4-13(19-2)11(8-10)9-5-6-16-12(7-9)14(15)17/h3-4,8-9,12,16H,5-7H2,1-2H3,(H2,15,17). The number of hydrogen-bond acceptors (Lipinski definition) is 4. The summed E-state index contributed by atoms with van der Waals surface area (Å²) in [7, 11) is 3.29. The van der Waals surface area contributed by atoms with E-state index in [2.05, 4.69) is 5.32 Å². The average Bonchev–Trinajstić information content (AvgIpc) is 2.46. The molecule has 3 N–H and O–H groups in total. The predicted octanol–water partition coefficient (Wildman–Crippen LogP) is 1.02. The molecule has 0 spiro atoms. The number of piperidine rings is 1. The van der Waals surface area contributed by atoms with Crippen molar-refractivity contribution in [2.75, 3.05) is 20.8 Å². The summed E-state index contributed by atoms with van der Waals surface area (Å²) in [5, 5.41) is 3.14. The van der Waals surface area contributed by atoms with Crippen molar-refractivity contribution in [1.82, 2.24) is 5.32 Å². The molecule has 2 unspecified atom stereocenters. The van der Waals surface area contributed by atoms with Crippen molar-refractivity contribution in [3.8, 4) is 11.5 Å². The number of nitrogens with one attached hydrogen (secondary N) is 1. The summed E-state index contributed by atoms with van der Waals surface area (Å²) in [5.41, 5.74) is 6.46. The van der Waals surface area contributed by atoms with Gasteiger partial charge in [0.05, 0.1) is 20.3 Å². The third kappa shape index (κ3) is 2.98. The summed E-state index contributed by atoms with van der Waals surface area (Å²) in [6.45, 7) is 0.776. The summed E-state index contributed by atoms with van der Waals surface area (Å²) in [4.78, 5) is 11.3. The van der Waals surface area contributed by atoms with E-state index >= 15 is 0 Å². The summed E-state index contributed by atoms with van der Waals surface area (Å²) in [6.07, 6.45) is 1.65. The molecule has 1 fully saturated rings. The number of nitrogens with two attached hydrogens (primary N) is 1. The van der Waals surface area contributed by atoms with Gasteiger partial charge in [-0.25, -0.2) is 0 Å². The minimum atomic E-state index is -0.299. The Bertz CT molecular complexity index is 462. The molecule has 104 valence electrons. The van der Waals surface area contributed by atoms with Gasteiger partial charge in [-0.2, -0.15) is 0 Å². The number of carbonyl (C=O) groups is 1. The number of amides is 1. The number of methoxy groups -OCH3 is 2. The molecule has 1 amide bonds. The third-order valence-electron chi connectivity index (χ3n) is 3.62. The Labute approximate surface area is 113 Å². The van der Waals surface area contributed by atoms with Crippen molar-refractivity contribution in [3.05, 3.63) is 23.8 Å². The van der Waals surface area contributed by atoms with Gasteiger partial charge in [0.25, 0.3) is 0 Å². The van der Waals surface area contributed by atoms with Crippen molar-refractivity contribution >= 4 is 5.91 Å². The van der Waals surface area contributed by atoms with Gasteiger partial charge in [-0.05, 0) is 43.5 Å². The van der Waals surface area contributed by atoms with Crippen molar-refractivity contribution in [3.63, 3.8) is 0 Å². The van der Waals surface area contributed by atoms with Gasteiger partial charge in [0.15, 0.2) is 0 Å². The highest BCUT2D eigenvalue weighted by Crippen LogP contribution is 2.36. The molecule has 2 atom stereocenters. The lowest BCUT2D eigenvalue weighted by Crippen LogP contribution is -2.46. The molecule has 5 nitrogen and oxygen atoms in total. The van der Waals surface area contributed by atoms with E-state index in [0.717, 1.165) is 30.0 Å². The lowest BCUT2D eigenvalue weighted by molar-refractivity contribution is -0.120. The van der Waals surface area contributed by atoms with E-state index in [0.29, 0.717) is 6.42 Å². The Hall–Kier alpha value is -1.75. The molecule has 1 saturated heterocycles. The molecule has 1 aliphatic rings. The molecule has 0 radical (unpaired) electrons. The Morgan fingerprint density at radius 3 is 2.79 bits per heavy atom. The first-order valence-corrected chi connectivity index (χ1v) is 6.40. The van der Waals surface area contributed by atoms with Crippen molar-refractivity contribution in [1.29, 1.82) is 0 Å². The normalized spacial score (nSPS) is 22.8. The summed E-state index contributed by atoms with van der Waals surface area (Å²) in [6, 6.07) is 5.48. The Balaban J connectivity index is 2.26. The topological polar surface area (TPSA) is 73.6 Å². The van der Waals surface area contributed by atoms with Crippen LogP contribution in [-0.2, 0) is 4.79 Å². The highest BCUT2D eigenvalue weighted by molar-refractivity contribution is 5.80. The number of carbonyl (C=O) groups excluding carboxylic acids is 1. The zero-order chi connectivity index (χ0) is 13.8. The van der Waals surface area contributed by atoms with Crippen LogP contribution in [0.5, 0.6) is 11.5 Å². The molecule has 1 aromatic carbocycles. The summed E-state index contributed by atoms with van der Waals surface area (Å²) in [5.74, 6) is 1.58. The van der Waals surface area contributed by atoms with E-state index in [-0.39, 0.29) is 17.9 Å². The van der Waals surface area contributed by atoms with Crippen LogP contribution < -0.4 is 20.5 Å². The van der Waals surface area contributed by atoms with E-state index in [4.69, 9.17) is 15.2 Å². The Kier molecular flexibility index (Phi) is 4.27. The van der Waals surface area contributed by atoms with E-state index in [1.807, 2.05) is 18.2 Å². The molecular formula is C14H20N2O3. The smallest absolute Gasteiger partial charge is 0.234 e. The summed E-state index contributed by atoms with van der Waals surface area (Å²) < 4.78 is 10.7. The van der Waals surface area contributed by atoms with E-state index in [9.17, 15) is 4.79 Å². The maximum absolute atomic E-state index is 11.3. The van der Waals surface area contributed by atoms with Gasteiger partial charge in [-0.1, -0.05) is 0 Å². The third-order valence-corrected chi connectivity index (χ3v) is 3.62. The maximum Gasteiger partial charge on any atom is 0.234 e. The molecule has 1 aliphatic heterocycles. The molecule has 0 aliphatic carbocycles. The summed E-state index contributed by atoms with van der Waals surface area (Å²) >= 11 is 0. The zero-order valence-corrected chi connectivity index (χ0v) is 11.3. The first kappa shape index (κ1) is 13.7. The number of benzene rings is 1. The number of hydrogen-bond donors (Lipinski definition) is 2. The zero-order valence-electron chi connectivity index (χ0n) is 11.3. The lowest BCUT2D eigenvalue weighted by atomic mass is 9.85. The van der Waals surface area contributed by atoms with Crippen LogP contribution in [0, 0.1) is 0 Å². The lowest BCUT2D eigenvalue weighted by Gasteiger charge is -2.29. The average molecular weight is 264 g/mol. The fourth-order valence-corrected chi connectivity index (χ4v) is 2.58. The van der Waals surface area contributed by atoms with Gasteiger partial charge in [-0.3, -0.25) is 4.79 Å². The number of ether oxygens (including phenoxy) is 2. The van der Waals surface area contributed by atoms with Crippen molar-refractivity contribution in [2.45, 2.75) is 24.8 Å². The SMILES string of the molecule is COc1ccc(OC)c(C2CCNC(C(N)=O)C2)c1. The van der Waals surface area contributed by atoms with Crippen LogP contribution in [0.15, 0.2) is 18.2 Å². The monoisotopic (exact) mass is 264 g/mol. The fraction of sp³-hybridized carbons (Fsp3) is 0.500. The molecule has 0 aromatic heterocycles. The van der Waals surface area contributed by atoms with Crippen LogP contribution in [0.3, 0.4) is 0 Å². The Morgan fingerprint density at radius 1 is 1.37 bits per heavy atom. The van der Waals surface area contributed by atoms with E-state index in [1.54, 1.807) is 14.2 Å². The largest absolute Gasteiger partial charge is 0.497 e. The van der Waals surface area contributed by atoms with Crippen molar-refractivity contribution < 1.29 is 14.3 Å². The number of rotatable bonds is 4. The van der Waals surface area contributed by atoms with Gasteiger partial charge in [-0.15, -0.1) is 0 Å². The second-order valence-corrected chi connectivity index (χ2v) is 4.74. The van der Waals surface area contributed by atoms with Gasteiger partial charge < -0.3 is 20.5 Å². The van der Waals surface area contributed by atoms with Crippen LogP contribution in [0.4, 0.5) is 0 Å².